The van der Waals surface area contributed by atoms with E-state index in [0.717, 1.165) is 18.4 Å². The summed E-state index contributed by atoms with van der Waals surface area (Å²) in [4.78, 5) is 15.4. The molecule has 1 aromatic carbocycles. The molecule has 0 bridgehead atoms. The van der Waals surface area contributed by atoms with Gasteiger partial charge in [0.1, 0.15) is 0 Å². The van der Waals surface area contributed by atoms with E-state index < -0.39 is 5.97 Å². The fraction of sp³-hybridized carbons (Fsp3) is 0.368. The van der Waals surface area contributed by atoms with E-state index in [1.54, 1.807) is 18.5 Å². The van der Waals surface area contributed by atoms with Crippen LogP contribution in [0.25, 0.3) is 0 Å². The molecule has 1 aliphatic rings. The van der Waals surface area contributed by atoms with Crippen LogP contribution >= 0.6 is 0 Å². The summed E-state index contributed by atoms with van der Waals surface area (Å²) in [6, 6.07) is 8.34. The molecule has 1 heterocycles. The molecule has 3 rings (SSSR count). The molecule has 1 N–H and O–H groups in total. The van der Waals surface area contributed by atoms with Crippen molar-refractivity contribution in [1.29, 1.82) is 0 Å². The van der Waals surface area contributed by atoms with Gasteiger partial charge in [-0.3, -0.25) is 4.98 Å². The molecule has 22 heavy (non-hydrogen) atoms. The number of carboxylic acids is 1. The molecule has 0 saturated heterocycles. The first-order valence-corrected chi connectivity index (χ1v) is 7.91. The van der Waals surface area contributed by atoms with Crippen LogP contribution in [0.2, 0.25) is 0 Å². The lowest BCUT2D eigenvalue weighted by molar-refractivity contribution is 0.0695. The highest BCUT2D eigenvalue weighted by Gasteiger charge is 2.21. The minimum atomic E-state index is -0.864. The van der Waals surface area contributed by atoms with Crippen LogP contribution < -0.4 is 0 Å². The van der Waals surface area contributed by atoms with Crippen LogP contribution in [0.3, 0.4) is 0 Å². The van der Waals surface area contributed by atoms with Gasteiger partial charge in [0.05, 0.1) is 5.56 Å². The summed E-state index contributed by atoms with van der Waals surface area (Å²) in [6.07, 6.45) is 8.59. The third-order valence-corrected chi connectivity index (χ3v) is 4.64. The van der Waals surface area contributed by atoms with E-state index >= 15 is 0 Å². The molecule has 1 unspecified atom stereocenters. The zero-order valence-electron chi connectivity index (χ0n) is 12.9. The van der Waals surface area contributed by atoms with Gasteiger partial charge in [0, 0.05) is 12.4 Å². The van der Waals surface area contributed by atoms with Crippen molar-refractivity contribution in [3.63, 3.8) is 0 Å². The maximum Gasteiger partial charge on any atom is 0.336 e. The van der Waals surface area contributed by atoms with E-state index in [-0.39, 0.29) is 0 Å². The Morgan fingerprint density at radius 3 is 3.05 bits per heavy atom. The van der Waals surface area contributed by atoms with E-state index in [0.29, 0.717) is 11.5 Å². The Morgan fingerprint density at radius 1 is 1.36 bits per heavy atom. The first-order valence-electron chi connectivity index (χ1n) is 7.91. The molecule has 2 aromatic rings. The average molecular weight is 295 g/mol. The molecular weight excluding hydrogens is 274 g/mol. The molecule has 0 spiro atoms. The number of benzene rings is 1. The lowest BCUT2D eigenvalue weighted by Crippen LogP contribution is -2.12. The molecule has 1 aromatic heterocycles. The van der Waals surface area contributed by atoms with Crippen molar-refractivity contribution >= 4 is 5.97 Å². The van der Waals surface area contributed by atoms with Gasteiger partial charge >= 0.3 is 5.97 Å². The Bertz CT molecular complexity index is 694. The number of aryl methyl sites for hydroxylation is 3. The highest BCUT2D eigenvalue weighted by Crippen LogP contribution is 2.35. The fourth-order valence-corrected chi connectivity index (χ4v) is 3.48. The minimum absolute atomic E-state index is 0.385. The van der Waals surface area contributed by atoms with Crippen LogP contribution in [0.1, 0.15) is 57.8 Å². The number of aromatic nitrogens is 1. The molecular formula is C19H21NO2. The highest BCUT2D eigenvalue weighted by molar-refractivity contribution is 5.89. The Kier molecular flexibility index (Phi) is 4.23. The molecule has 3 heteroatoms. The van der Waals surface area contributed by atoms with Crippen LogP contribution in [0.4, 0.5) is 0 Å². The molecule has 3 nitrogen and oxygen atoms in total. The first-order chi connectivity index (χ1) is 10.6. The quantitative estimate of drug-likeness (QED) is 0.922. The van der Waals surface area contributed by atoms with Crippen LogP contribution in [0.5, 0.6) is 0 Å². The van der Waals surface area contributed by atoms with Gasteiger partial charge in [0.15, 0.2) is 0 Å². The van der Waals surface area contributed by atoms with Crippen LogP contribution in [0, 0.1) is 6.92 Å². The highest BCUT2D eigenvalue weighted by atomic mass is 16.4. The SMILES string of the molecule is Cc1ccc2c(c1)C(CCc1cnccc1C(=O)O)CCC2. The van der Waals surface area contributed by atoms with Gasteiger partial charge in [-0.05, 0) is 67.7 Å². The Hall–Kier alpha value is -2.16. The third-order valence-electron chi connectivity index (χ3n) is 4.64. The van der Waals surface area contributed by atoms with Crippen molar-refractivity contribution in [2.24, 2.45) is 0 Å². The molecule has 0 amide bonds. The van der Waals surface area contributed by atoms with Crippen LogP contribution in [0.15, 0.2) is 36.7 Å². The topological polar surface area (TPSA) is 50.2 Å². The van der Waals surface area contributed by atoms with Crippen molar-refractivity contribution < 1.29 is 9.90 Å². The largest absolute Gasteiger partial charge is 0.478 e. The van der Waals surface area contributed by atoms with Gasteiger partial charge in [-0.15, -0.1) is 0 Å². The molecule has 1 atom stereocenters. The lowest BCUT2D eigenvalue weighted by Gasteiger charge is -2.26. The van der Waals surface area contributed by atoms with E-state index in [2.05, 4.69) is 30.1 Å². The molecule has 0 radical (unpaired) electrons. The summed E-state index contributed by atoms with van der Waals surface area (Å²) >= 11 is 0. The zero-order valence-corrected chi connectivity index (χ0v) is 12.9. The number of carbonyl (C=O) groups is 1. The number of carboxylic acid groups (broad SMARTS) is 1. The average Bonchev–Trinajstić information content (AvgIpc) is 2.53. The second kappa shape index (κ2) is 6.30. The molecule has 0 aliphatic heterocycles. The monoisotopic (exact) mass is 295 g/mol. The summed E-state index contributed by atoms with van der Waals surface area (Å²) < 4.78 is 0. The number of pyridine rings is 1. The smallest absolute Gasteiger partial charge is 0.336 e. The summed E-state index contributed by atoms with van der Waals surface area (Å²) in [7, 11) is 0. The van der Waals surface area contributed by atoms with Gasteiger partial charge in [-0.2, -0.15) is 0 Å². The van der Waals surface area contributed by atoms with Gasteiger partial charge in [0.2, 0.25) is 0 Å². The van der Waals surface area contributed by atoms with Crippen molar-refractivity contribution in [3.8, 4) is 0 Å². The van der Waals surface area contributed by atoms with E-state index in [1.165, 1.54) is 36.0 Å². The van der Waals surface area contributed by atoms with Crippen LogP contribution in [-0.4, -0.2) is 16.1 Å². The van der Waals surface area contributed by atoms with Gasteiger partial charge < -0.3 is 5.11 Å². The molecule has 1 aliphatic carbocycles. The fourth-order valence-electron chi connectivity index (χ4n) is 3.48. The zero-order chi connectivity index (χ0) is 15.5. The summed E-state index contributed by atoms with van der Waals surface area (Å²) in [5.74, 6) is -0.331. The van der Waals surface area contributed by atoms with Crippen LogP contribution in [-0.2, 0) is 12.8 Å². The second-order valence-electron chi connectivity index (χ2n) is 6.17. The minimum Gasteiger partial charge on any atom is -0.478 e. The Labute approximate surface area is 131 Å². The third kappa shape index (κ3) is 3.03. The first kappa shape index (κ1) is 14.8. The summed E-state index contributed by atoms with van der Waals surface area (Å²) in [6.45, 7) is 2.13. The number of fused-ring (bicyclic) bond motifs is 1. The van der Waals surface area contributed by atoms with Crippen molar-refractivity contribution in [1.82, 2.24) is 4.98 Å². The summed E-state index contributed by atoms with van der Waals surface area (Å²) in [5.41, 5.74) is 5.46. The normalized spacial score (nSPS) is 17.0. The van der Waals surface area contributed by atoms with E-state index in [9.17, 15) is 9.90 Å². The predicted molar refractivity (Wildman–Crippen MR) is 86.4 cm³/mol. The molecule has 0 saturated carbocycles. The van der Waals surface area contributed by atoms with E-state index in [1.807, 2.05) is 0 Å². The Balaban J connectivity index is 1.79. The van der Waals surface area contributed by atoms with Gasteiger partial charge in [-0.1, -0.05) is 23.8 Å². The summed E-state index contributed by atoms with van der Waals surface area (Å²) in [5, 5.41) is 9.27. The van der Waals surface area contributed by atoms with Crippen molar-refractivity contribution in [3.05, 3.63) is 64.5 Å². The van der Waals surface area contributed by atoms with Gasteiger partial charge in [-0.25, -0.2) is 4.79 Å². The van der Waals surface area contributed by atoms with Crippen molar-refractivity contribution in [2.75, 3.05) is 0 Å². The number of aromatic carboxylic acids is 1. The lowest BCUT2D eigenvalue weighted by atomic mass is 9.79. The Morgan fingerprint density at radius 2 is 2.23 bits per heavy atom. The van der Waals surface area contributed by atoms with Crippen molar-refractivity contribution in [2.45, 2.75) is 44.9 Å². The predicted octanol–water partition coefficient (Wildman–Crippen LogP) is 4.14. The number of nitrogens with zero attached hydrogens (tertiary/aromatic N) is 1. The van der Waals surface area contributed by atoms with E-state index in [4.69, 9.17) is 0 Å². The molecule has 0 fully saturated rings. The number of hydrogen-bond acceptors (Lipinski definition) is 2. The number of hydrogen-bond donors (Lipinski definition) is 1. The molecule has 114 valence electrons. The number of rotatable bonds is 4. The maximum atomic E-state index is 11.3. The second-order valence-corrected chi connectivity index (χ2v) is 6.17. The van der Waals surface area contributed by atoms with Gasteiger partial charge in [0.25, 0.3) is 0 Å². The maximum absolute atomic E-state index is 11.3. The standard InChI is InChI=1S/C19H21NO2/c1-13-5-6-14-3-2-4-15(18(14)11-13)7-8-16-12-20-10-9-17(16)19(21)22/h5-6,9-12,15H,2-4,7-8H2,1H3,(H,21,22).